The van der Waals surface area contributed by atoms with Crippen LogP contribution in [0.25, 0.3) is 0 Å². The van der Waals surface area contributed by atoms with E-state index in [9.17, 15) is 4.79 Å². The molecule has 1 aromatic rings. The summed E-state index contributed by atoms with van der Waals surface area (Å²) in [6.07, 6.45) is 4.85. The largest absolute Gasteiger partial charge is 0.395 e. The Morgan fingerprint density at radius 3 is 2.58 bits per heavy atom. The molecule has 1 aliphatic rings. The van der Waals surface area contributed by atoms with Crippen molar-refractivity contribution in [3.05, 3.63) is 23.9 Å². The Labute approximate surface area is 113 Å². The minimum absolute atomic E-state index is 0.00541. The van der Waals surface area contributed by atoms with Gasteiger partial charge in [0.15, 0.2) is 0 Å². The van der Waals surface area contributed by atoms with Gasteiger partial charge in [-0.05, 0) is 31.4 Å². The van der Waals surface area contributed by atoms with Gasteiger partial charge in [-0.2, -0.15) is 0 Å². The first kappa shape index (κ1) is 13.8. The number of hydrogen-bond donors (Lipinski definition) is 1. The fourth-order valence-electron chi connectivity index (χ4n) is 2.20. The van der Waals surface area contributed by atoms with Crippen LogP contribution in [0.2, 0.25) is 0 Å². The molecular formula is C14H21N3O2. The Hall–Kier alpha value is -1.62. The summed E-state index contributed by atoms with van der Waals surface area (Å²) in [7, 11) is 3.83. The molecule has 1 aromatic heterocycles. The average Bonchev–Trinajstić information content (AvgIpc) is 2.35. The maximum Gasteiger partial charge on any atom is 0.255 e. The van der Waals surface area contributed by atoms with Crippen molar-refractivity contribution in [2.75, 3.05) is 32.1 Å². The molecular weight excluding hydrogens is 242 g/mol. The van der Waals surface area contributed by atoms with Gasteiger partial charge in [0.1, 0.15) is 5.82 Å². The van der Waals surface area contributed by atoms with Crippen molar-refractivity contribution in [1.29, 1.82) is 0 Å². The second-order valence-corrected chi connectivity index (χ2v) is 5.11. The van der Waals surface area contributed by atoms with Crippen LogP contribution in [0.4, 0.5) is 5.82 Å². The summed E-state index contributed by atoms with van der Waals surface area (Å²) in [4.78, 5) is 20.3. The third-order valence-corrected chi connectivity index (χ3v) is 3.57. The van der Waals surface area contributed by atoms with Crippen LogP contribution in [0.1, 0.15) is 29.6 Å². The number of carbonyl (C=O) groups excluding carboxylic acids is 1. The first-order valence-electron chi connectivity index (χ1n) is 6.68. The molecule has 19 heavy (non-hydrogen) atoms. The highest BCUT2D eigenvalue weighted by molar-refractivity contribution is 5.94. The summed E-state index contributed by atoms with van der Waals surface area (Å²) in [6, 6.07) is 3.92. The second-order valence-electron chi connectivity index (χ2n) is 5.11. The quantitative estimate of drug-likeness (QED) is 0.865. The molecule has 1 saturated carbocycles. The van der Waals surface area contributed by atoms with Gasteiger partial charge < -0.3 is 14.9 Å². The summed E-state index contributed by atoms with van der Waals surface area (Å²) in [5, 5.41) is 9.10. The average molecular weight is 263 g/mol. The molecule has 5 nitrogen and oxygen atoms in total. The fourth-order valence-corrected chi connectivity index (χ4v) is 2.20. The Balaban J connectivity index is 2.11. The molecule has 0 aliphatic heterocycles. The zero-order chi connectivity index (χ0) is 13.8. The molecule has 0 bridgehead atoms. The van der Waals surface area contributed by atoms with E-state index in [1.54, 1.807) is 17.2 Å². The van der Waals surface area contributed by atoms with Gasteiger partial charge in [0.25, 0.3) is 5.91 Å². The lowest BCUT2D eigenvalue weighted by atomic mass is 9.91. The summed E-state index contributed by atoms with van der Waals surface area (Å²) in [5.74, 6) is 0.797. The van der Waals surface area contributed by atoms with Gasteiger partial charge >= 0.3 is 0 Å². The molecule has 1 amide bonds. The number of aliphatic hydroxyl groups excluding tert-OH is 1. The Kier molecular flexibility index (Phi) is 4.37. The molecule has 5 heteroatoms. The number of pyridine rings is 1. The number of nitrogens with zero attached hydrogens (tertiary/aromatic N) is 3. The standard InChI is InChI=1S/C14H21N3O2/c1-16(2)13-7-6-11(10-15-13)14(19)17(8-9-18)12-4-3-5-12/h6-7,10,12,18H,3-5,8-9H2,1-2H3. The smallest absolute Gasteiger partial charge is 0.255 e. The molecule has 0 atom stereocenters. The summed E-state index contributed by atoms with van der Waals surface area (Å²) >= 11 is 0. The normalized spacial score (nSPS) is 14.9. The number of anilines is 1. The molecule has 1 heterocycles. The Morgan fingerprint density at radius 2 is 2.16 bits per heavy atom. The maximum absolute atomic E-state index is 12.4. The number of hydrogen-bond acceptors (Lipinski definition) is 4. The van der Waals surface area contributed by atoms with Gasteiger partial charge in [-0.1, -0.05) is 0 Å². The van der Waals surface area contributed by atoms with E-state index < -0.39 is 0 Å². The summed E-state index contributed by atoms with van der Waals surface area (Å²) < 4.78 is 0. The third kappa shape index (κ3) is 3.04. The highest BCUT2D eigenvalue weighted by Crippen LogP contribution is 2.26. The Bertz CT molecular complexity index is 427. The zero-order valence-corrected chi connectivity index (χ0v) is 11.5. The van der Waals surface area contributed by atoms with Gasteiger partial charge in [0, 0.05) is 32.9 Å². The van der Waals surface area contributed by atoms with Crippen molar-refractivity contribution in [1.82, 2.24) is 9.88 Å². The number of amides is 1. The van der Waals surface area contributed by atoms with Crippen LogP contribution in [0.15, 0.2) is 18.3 Å². The monoisotopic (exact) mass is 263 g/mol. The fraction of sp³-hybridized carbons (Fsp3) is 0.571. The number of aliphatic hydroxyl groups is 1. The summed E-state index contributed by atoms with van der Waals surface area (Å²) in [6.45, 7) is 0.407. The van der Waals surface area contributed by atoms with Gasteiger partial charge in [0.05, 0.1) is 12.2 Å². The van der Waals surface area contributed by atoms with Gasteiger partial charge in [0.2, 0.25) is 0 Å². The van der Waals surface area contributed by atoms with Crippen LogP contribution in [0.3, 0.4) is 0 Å². The molecule has 1 N–H and O–H groups in total. The van der Waals surface area contributed by atoms with E-state index in [1.165, 1.54) is 0 Å². The van der Waals surface area contributed by atoms with Crippen molar-refractivity contribution in [2.24, 2.45) is 0 Å². The van der Waals surface area contributed by atoms with Gasteiger partial charge in [-0.3, -0.25) is 4.79 Å². The first-order chi connectivity index (χ1) is 9.13. The van der Waals surface area contributed by atoms with E-state index in [0.29, 0.717) is 12.1 Å². The van der Waals surface area contributed by atoms with Crippen molar-refractivity contribution in [3.8, 4) is 0 Å². The van der Waals surface area contributed by atoms with Crippen LogP contribution in [-0.4, -0.2) is 54.2 Å². The van der Waals surface area contributed by atoms with Crippen LogP contribution in [0, 0.1) is 0 Å². The van der Waals surface area contributed by atoms with Crippen molar-refractivity contribution in [3.63, 3.8) is 0 Å². The van der Waals surface area contributed by atoms with Crippen molar-refractivity contribution in [2.45, 2.75) is 25.3 Å². The van der Waals surface area contributed by atoms with Crippen molar-refractivity contribution >= 4 is 11.7 Å². The van der Waals surface area contributed by atoms with E-state index in [-0.39, 0.29) is 18.6 Å². The van der Waals surface area contributed by atoms with Crippen molar-refractivity contribution < 1.29 is 9.90 Å². The highest BCUT2D eigenvalue weighted by atomic mass is 16.3. The molecule has 2 rings (SSSR count). The van der Waals surface area contributed by atoms with E-state index >= 15 is 0 Å². The van der Waals surface area contributed by atoms with E-state index in [0.717, 1.165) is 25.1 Å². The topological polar surface area (TPSA) is 56.7 Å². The van der Waals surface area contributed by atoms with Crippen LogP contribution >= 0.6 is 0 Å². The van der Waals surface area contributed by atoms with Crippen LogP contribution < -0.4 is 4.90 Å². The predicted octanol–water partition coefficient (Wildman–Crippen LogP) is 1.13. The second kappa shape index (κ2) is 6.02. The summed E-state index contributed by atoms with van der Waals surface area (Å²) in [5.41, 5.74) is 0.589. The van der Waals surface area contributed by atoms with Gasteiger partial charge in [-0.25, -0.2) is 4.98 Å². The lowest BCUT2D eigenvalue weighted by molar-refractivity contribution is 0.0525. The predicted molar refractivity (Wildman–Crippen MR) is 74.3 cm³/mol. The molecule has 0 unspecified atom stereocenters. The number of carbonyl (C=O) groups is 1. The number of rotatable bonds is 5. The Morgan fingerprint density at radius 1 is 1.42 bits per heavy atom. The van der Waals surface area contributed by atoms with E-state index in [2.05, 4.69) is 4.98 Å². The van der Waals surface area contributed by atoms with Crippen LogP contribution in [0.5, 0.6) is 0 Å². The number of aromatic nitrogens is 1. The molecule has 0 spiro atoms. The molecule has 0 aromatic carbocycles. The first-order valence-corrected chi connectivity index (χ1v) is 6.68. The molecule has 1 fully saturated rings. The highest BCUT2D eigenvalue weighted by Gasteiger charge is 2.29. The minimum atomic E-state index is -0.0310. The van der Waals surface area contributed by atoms with E-state index in [4.69, 9.17) is 5.11 Å². The molecule has 0 saturated heterocycles. The maximum atomic E-state index is 12.4. The molecule has 104 valence electrons. The van der Waals surface area contributed by atoms with E-state index in [1.807, 2.05) is 25.1 Å². The third-order valence-electron chi connectivity index (χ3n) is 3.57. The van der Waals surface area contributed by atoms with Gasteiger partial charge in [-0.15, -0.1) is 0 Å². The SMILES string of the molecule is CN(C)c1ccc(C(=O)N(CCO)C2CCC2)cn1. The van der Waals surface area contributed by atoms with Crippen LogP contribution in [-0.2, 0) is 0 Å². The molecule has 1 aliphatic carbocycles. The lowest BCUT2D eigenvalue weighted by Gasteiger charge is -2.37. The minimum Gasteiger partial charge on any atom is -0.395 e. The lowest BCUT2D eigenvalue weighted by Crippen LogP contribution is -2.45. The molecule has 0 radical (unpaired) electrons. The zero-order valence-electron chi connectivity index (χ0n) is 11.5.